The first-order valence-electron chi connectivity index (χ1n) is 41.7. The van der Waals surface area contributed by atoms with Crippen LogP contribution >= 0.6 is 15.6 Å². The molecule has 0 aromatic heterocycles. The number of carbonyl (C=O) groups is 4. The van der Waals surface area contributed by atoms with E-state index in [2.05, 4.69) is 174 Å². The summed E-state index contributed by atoms with van der Waals surface area (Å²) in [5, 5.41) is 10.7. The zero-order valence-electron chi connectivity index (χ0n) is 67.5. The normalized spacial score (nSPS) is 14.6. The van der Waals surface area contributed by atoms with E-state index in [0.717, 1.165) is 167 Å². The van der Waals surface area contributed by atoms with Crippen LogP contribution in [0, 0.1) is 0 Å². The number of aliphatic hydroxyl groups excluding tert-OH is 1. The Bertz CT molecular complexity index is 2660. The summed E-state index contributed by atoms with van der Waals surface area (Å²) in [6.45, 7) is 4.52. The summed E-state index contributed by atoms with van der Waals surface area (Å²) in [4.78, 5) is 73.2. The third-order valence-electron chi connectivity index (χ3n) is 17.0. The maximum Gasteiger partial charge on any atom is 0.472 e. The molecule has 0 aromatic rings. The Balaban J connectivity index is 5.46. The topological polar surface area (TPSA) is 237 Å². The first-order chi connectivity index (χ1) is 52.7. The summed E-state index contributed by atoms with van der Waals surface area (Å²) in [6.07, 6.45) is 93.6. The van der Waals surface area contributed by atoms with Crippen LogP contribution in [-0.4, -0.2) is 96.7 Å². The third-order valence-corrected chi connectivity index (χ3v) is 18.9. The maximum atomic E-state index is 13.1. The Morgan fingerprint density at radius 3 is 0.806 bits per heavy atom. The molecule has 3 N–H and O–H groups in total. The van der Waals surface area contributed by atoms with E-state index in [4.69, 9.17) is 37.0 Å². The molecule has 0 amide bonds. The van der Waals surface area contributed by atoms with Crippen molar-refractivity contribution in [1.29, 1.82) is 0 Å². The molecule has 0 saturated heterocycles. The molecule has 17 nitrogen and oxygen atoms in total. The molecule has 616 valence electrons. The van der Waals surface area contributed by atoms with Gasteiger partial charge in [0.05, 0.1) is 26.4 Å². The fourth-order valence-corrected chi connectivity index (χ4v) is 12.3. The highest BCUT2D eigenvalue weighted by atomic mass is 31.2. The summed E-state index contributed by atoms with van der Waals surface area (Å²) in [6, 6.07) is 0. The molecule has 0 aliphatic rings. The molecule has 0 radical (unpaired) electrons. The zero-order valence-corrected chi connectivity index (χ0v) is 69.3. The van der Waals surface area contributed by atoms with Crippen LogP contribution in [0.25, 0.3) is 0 Å². The molecule has 0 saturated carbocycles. The number of phosphoric acid groups is 2. The number of allylic oxidation sites excluding steroid dienone is 26. The maximum absolute atomic E-state index is 13.1. The van der Waals surface area contributed by atoms with Gasteiger partial charge in [-0.3, -0.25) is 37.3 Å². The highest BCUT2D eigenvalue weighted by Crippen LogP contribution is 2.45. The van der Waals surface area contributed by atoms with Crippen molar-refractivity contribution >= 4 is 39.5 Å². The summed E-state index contributed by atoms with van der Waals surface area (Å²) >= 11 is 0. The zero-order chi connectivity index (χ0) is 78.9. The summed E-state index contributed by atoms with van der Waals surface area (Å²) in [5.74, 6) is -2.29. The van der Waals surface area contributed by atoms with Crippen molar-refractivity contribution in [3.63, 3.8) is 0 Å². The number of hydrogen-bond acceptors (Lipinski definition) is 15. The minimum absolute atomic E-state index is 0.0669. The molecule has 0 heterocycles. The van der Waals surface area contributed by atoms with Gasteiger partial charge in [-0.25, -0.2) is 9.13 Å². The Morgan fingerprint density at radius 1 is 0.269 bits per heavy atom. The number of carbonyl (C=O) groups excluding carboxylic acids is 4. The second-order valence-corrected chi connectivity index (χ2v) is 30.2. The number of unbranched alkanes of at least 4 members (excludes halogenated alkanes) is 25. The van der Waals surface area contributed by atoms with E-state index in [1.54, 1.807) is 0 Å². The van der Waals surface area contributed by atoms with Gasteiger partial charge in [-0.05, 0) is 148 Å². The van der Waals surface area contributed by atoms with E-state index >= 15 is 0 Å². The molecule has 0 aromatic carbocycles. The van der Waals surface area contributed by atoms with Gasteiger partial charge in [0.2, 0.25) is 0 Å². The smallest absolute Gasteiger partial charge is 0.462 e. The van der Waals surface area contributed by atoms with E-state index in [0.29, 0.717) is 32.1 Å². The summed E-state index contributed by atoms with van der Waals surface area (Å²) in [5.41, 5.74) is 0. The van der Waals surface area contributed by atoms with Crippen LogP contribution in [0.3, 0.4) is 0 Å². The van der Waals surface area contributed by atoms with Crippen LogP contribution in [-0.2, 0) is 65.4 Å². The highest BCUT2D eigenvalue weighted by Gasteiger charge is 2.30. The van der Waals surface area contributed by atoms with E-state index < -0.39 is 97.5 Å². The number of esters is 4. The number of rotatable bonds is 77. The molecule has 0 fully saturated rings. The van der Waals surface area contributed by atoms with Crippen molar-refractivity contribution in [3.8, 4) is 0 Å². The van der Waals surface area contributed by atoms with Crippen LogP contribution < -0.4 is 0 Å². The minimum atomic E-state index is -5.00. The van der Waals surface area contributed by atoms with Gasteiger partial charge in [0, 0.05) is 25.7 Å². The lowest BCUT2D eigenvalue weighted by atomic mass is 10.0. The molecule has 5 unspecified atom stereocenters. The largest absolute Gasteiger partial charge is 0.472 e. The Kier molecular flexibility index (Phi) is 75.8. The van der Waals surface area contributed by atoms with Gasteiger partial charge in [-0.15, -0.1) is 0 Å². The predicted octanol–water partition coefficient (Wildman–Crippen LogP) is 24.8. The second kappa shape index (κ2) is 79.8. The Morgan fingerprint density at radius 2 is 0.491 bits per heavy atom. The van der Waals surface area contributed by atoms with Crippen molar-refractivity contribution in [2.24, 2.45) is 0 Å². The SMILES string of the molecule is CC/C=C\C/C=C\C/C=C\C/C=C\C/C=C\CCCCCC(=O)OCC(COP(=O)(O)OCC(O)COP(=O)(O)OCC(COC(=O)CCC/C=C\C/C=C\C/C=C\C/C=C\C/C=C\CC)OC(=O)CCCCCCCCCCCCCCC)OC(=O)CCCCCCCC/C=C\C/C=C\C/C=C\CCCCC. The molecule has 0 spiro atoms. The van der Waals surface area contributed by atoms with Crippen molar-refractivity contribution in [2.45, 2.75) is 341 Å². The molecule has 19 heteroatoms. The number of hydrogen-bond donors (Lipinski definition) is 3. The van der Waals surface area contributed by atoms with Crippen LogP contribution in [0.5, 0.6) is 0 Å². The number of phosphoric ester groups is 2. The highest BCUT2D eigenvalue weighted by molar-refractivity contribution is 7.47. The van der Waals surface area contributed by atoms with Gasteiger partial charge < -0.3 is 33.8 Å². The molecule has 108 heavy (non-hydrogen) atoms. The molecule has 0 aliphatic carbocycles. The lowest BCUT2D eigenvalue weighted by Crippen LogP contribution is -2.30. The van der Waals surface area contributed by atoms with Gasteiger partial charge in [-0.2, -0.15) is 0 Å². The Labute approximate surface area is 655 Å². The van der Waals surface area contributed by atoms with Gasteiger partial charge >= 0.3 is 39.5 Å². The summed E-state index contributed by atoms with van der Waals surface area (Å²) in [7, 11) is -10.00. The fourth-order valence-electron chi connectivity index (χ4n) is 10.7. The Hall–Kier alpha value is -5.32. The molecular formula is C89H148O17P2. The first-order valence-corrected chi connectivity index (χ1v) is 44.7. The van der Waals surface area contributed by atoms with E-state index in [1.165, 1.54) is 70.6 Å². The van der Waals surface area contributed by atoms with Crippen LogP contribution in [0.1, 0.15) is 323 Å². The minimum Gasteiger partial charge on any atom is -0.462 e. The molecular weight excluding hydrogens is 1400 g/mol. The van der Waals surface area contributed by atoms with Crippen molar-refractivity contribution < 1.29 is 80.2 Å². The predicted molar refractivity (Wildman–Crippen MR) is 445 cm³/mol. The number of ether oxygens (including phenoxy) is 4. The molecule has 0 rings (SSSR count). The first kappa shape index (κ1) is 103. The molecule has 0 aliphatic heterocycles. The lowest BCUT2D eigenvalue weighted by molar-refractivity contribution is -0.161. The fraction of sp³-hybridized carbons (Fsp3) is 0.663. The van der Waals surface area contributed by atoms with Crippen molar-refractivity contribution in [3.05, 3.63) is 158 Å². The molecule has 5 atom stereocenters. The molecule has 0 bridgehead atoms. The van der Waals surface area contributed by atoms with E-state index in [-0.39, 0.29) is 25.7 Å². The third kappa shape index (κ3) is 78.8. The van der Waals surface area contributed by atoms with Crippen LogP contribution in [0.15, 0.2) is 158 Å². The monoisotopic (exact) mass is 1550 g/mol. The van der Waals surface area contributed by atoms with Gasteiger partial charge in [0.15, 0.2) is 12.2 Å². The van der Waals surface area contributed by atoms with Crippen molar-refractivity contribution in [1.82, 2.24) is 0 Å². The second-order valence-electron chi connectivity index (χ2n) is 27.3. The van der Waals surface area contributed by atoms with Gasteiger partial charge in [0.1, 0.15) is 19.3 Å². The van der Waals surface area contributed by atoms with E-state index in [9.17, 15) is 43.2 Å². The lowest BCUT2D eigenvalue weighted by Gasteiger charge is -2.21. The van der Waals surface area contributed by atoms with Crippen molar-refractivity contribution in [2.75, 3.05) is 39.6 Å². The number of aliphatic hydroxyl groups is 1. The van der Waals surface area contributed by atoms with Gasteiger partial charge in [-0.1, -0.05) is 308 Å². The van der Waals surface area contributed by atoms with Gasteiger partial charge in [0.25, 0.3) is 0 Å². The standard InChI is InChI=1S/C89H148O17P2/c1-5-9-13-17-21-25-29-33-36-39-41-44-47-51-54-58-62-66-70-74-87(92)100-80-85(106-89(94)76-72-68-64-60-56-52-48-45-42-40-37-34-30-26-22-18-14-10-6-2)82-104-108(97,98)102-78-83(90)77-101-107(95,96)103-81-84(105-88(93)75-71-67-63-59-55-49-32-28-24-20-16-12-8-4)79-99-86(91)73-69-65-61-57-53-50-46-43-38-35-31-27-23-19-15-11-7-3/h9,11,13,15,21-23,25-27,33-38,41-42,44-46,50-51,54,57,61,83-85,90H,5-8,10,12,14,16-20,24,28-32,39-40,43,47-49,52-53,55-56,58-60,62-82H2,1-4H3,(H,95,96)(H,97,98)/b13-9-,15-11-,25-21-,26-22-,27-23-,36-33-,37-34-,38-35-,44-41-,45-42-,50-46-,54-51-,61-57-. The van der Waals surface area contributed by atoms with Crippen LogP contribution in [0.4, 0.5) is 0 Å². The average Bonchev–Trinajstić information content (AvgIpc) is 0.892. The average molecular weight is 1550 g/mol. The quantitative estimate of drug-likeness (QED) is 0.0169. The summed E-state index contributed by atoms with van der Waals surface area (Å²) < 4.78 is 68.7. The van der Waals surface area contributed by atoms with E-state index in [1.807, 2.05) is 12.2 Å². The van der Waals surface area contributed by atoms with Crippen LogP contribution in [0.2, 0.25) is 0 Å².